The Morgan fingerprint density at radius 3 is 2.38 bits per heavy atom. The van der Waals surface area contributed by atoms with Crippen LogP contribution in [0.15, 0.2) is 54.6 Å². The molecule has 1 N–H and O–H groups in total. The normalized spacial score (nSPS) is 21.7. The first-order valence-electron chi connectivity index (χ1n) is 9.44. The molecule has 0 amide bonds. The first-order chi connectivity index (χ1) is 12.3. The number of hydrogen-bond donors (Lipinski definition) is 1. The van der Waals surface area contributed by atoms with E-state index in [1.54, 1.807) is 0 Å². The lowest BCUT2D eigenvalue weighted by molar-refractivity contribution is 0.0648. The summed E-state index contributed by atoms with van der Waals surface area (Å²) in [7, 11) is 0. The number of hydrogen-bond acceptors (Lipinski definition) is 3. The maximum atomic E-state index is 6.16. The van der Waals surface area contributed by atoms with E-state index in [0.717, 1.165) is 18.0 Å². The largest absolute Gasteiger partial charge is 0.486 e. The molecule has 4 rings (SSSR count). The zero-order chi connectivity index (χ0) is 17.1. The standard InChI is InChI=1S/C22H27NO2.ClH/c1-17(21-15-24-19-11-5-6-12-20(19)25-21)23-16-22(13-7-8-14-22)18-9-3-2-4-10-18;/h2-6,9-12,17,21,23H,7-8,13-16H2,1H3;1H. The SMILES string of the molecule is CC(NCC1(c2ccccc2)CCCC1)C1COc2ccccc2O1.Cl. The Bertz CT molecular complexity index is 700. The number of fused-ring (bicyclic) bond motifs is 1. The van der Waals surface area contributed by atoms with E-state index < -0.39 is 0 Å². The van der Waals surface area contributed by atoms with E-state index in [2.05, 4.69) is 42.6 Å². The van der Waals surface area contributed by atoms with Crippen LogP contribution in [-0.4, -0.2) is 25.3 Å². The molecule has 0 aromatic heterocycles. The molecule has 26 heavy (non-hydrogen) atoms. The molecule has 1 saturated carbocycles. The van der Waals surface area contributed by atoms with Crippen molar-refractivity contribution < 1.29 is 9.47 Å². The summed E-state index contributed by atoms with van der Waals surface area (Å²) in [6.07, 6.45) is 5.22. The van der Waals surface area contributed by atoms with E-state index in [1.165, 1.54) is 31.2 Å². The lowest BCUT2D eigenvalue weighted by Gasteiger charge is -2.35. The molecule has 1 aliphatic heterocycles. The van der Waals surface area contributed by atoms with Crippen molar-refractivity contribution in [1.29, 1.82) is 0 Å². The van der Waals surface area contributed by atoms with Crippen LogP contribution in [0.25, 0.3) is 0 Å². The van der Waals surface area contributed by atoms with Crippen molar-refractivity contribution in [3.05, 3.63) is 60.2 Å². The van der Waals surface area contributed by atoms with Crippen LogP contribution in [0.3, 0.4) is 0 Å². The second-order valence-electron chi connectivity index (χ2n) is 7.44. The third-order valence-electron chi connectivity index (χ3n) is 5.80. The van der Waals surface area contributed by atoms with Gasteiger partial charge >= 0.3 is 0 Å². The number of benzene rings is 2. The summed E-state index contributed by atoms with van der Waals surface area (Å²) < 4.78 is 12.0. The highest BCUT2D eigenvalue weighted by Gasteiger charge is 2.36. The Morgan fingerprint density at radius 2 is 1.65 bits per heavy atom. The molecule has 0 radical (unpaired) electrons. The van der Waals surface area contributed by atoms with Gasteiger partial charge < -0.3 is 14.8 Å². The Morgan fingerprint density at radius 1 is 1.00 bits per heavy atom. The minimum absolute atomic E-state index is 0. The second-order valence-corrected chi connectivity index (χ2v) is 7.44. The fourth-order valence-electron chi connectivity index (χ4n) is 4.18. The van der Waals surface area contributed by atoms with E-state index >= 15 is 0 Å². The Balaban J connectivity index is 0.00000196. The first-order valence-corrected chi connectivity index (χ1v) is 9.44. The number of nitrogens with one attached hydrogen (secondary N) is 1. The molecule has 2 atom stereocenters. The minimum atomic E-state index is 0. The predicted molar refractivity (Wildman–Crippen MR) is 108 cm³/mol. The van der Waals surface area contributed by atoms with Gasteiger partial charge in [-0.3, -0.25) is 0 Å². The summed E-state index contributed by atoms with van der Waals surface area (Å²) >= 11 is 0. The first kappa shape index (κ1) is 19.1. The molecule has 4 heteroatoms. The van der Waals surface area contributed by atoms with Gasteiger partial charge in [0.15, 0.2) is 11.5 Å². The van der Waals surface area contributed by atoms with Gasteiger partial charge in [0, 0.05) is 18.0 Å². The summed E-state index contributed by atoms with van der Waals surface area (Å²) in [6, 6.07) is 19.2. The lowest BCUT2D eigenvalue weighted by Crippen LogP contribution is -2.49. The molecule has 0 bridgehead atoms. The Labute approximate surface area is 162 Å². The molecule has 2 aromatic rings. The van der Waals surface area contributed by atoms with Gasteiger partial charge in [-0.2, -0.15) is 0 Å². The van der Waals surface area contributed by atoms with Gasteiger partial charge in [0.2, 0.25) is 0 Å². The highest BCUT2D eigenvalue weighted by molar-refractivity contribution is 5.85. The molecule has 2 aliphatic rings. The van der Waals surface area contributed by atoms with Gasteiger partial charge in [0.1, 0.15) is 12.7 Å². The van der Waals surface area contributed by atoms with E-state index in [9.17, 15) is 0 Å². The fraction of sp³-hybridized carbons (Fsp3) is 0.455. The van der Waals surface area contributed by atoms with E-state index in [-0.39, 0.29) is 30.0 Å². The summed E-state index contributed by atoms with van der Waals surface area (Å²) in [5.41, 5.74) is 1.74. The summed E-state index contributed by atoms with van der Waals surface area (Å²) in [5.74, 6) is 1.70. The third-order valence-corrected chi connectivity index (χ3v) is 5.80. The topological polar surface area (TPSA) is 30.5 Å². The van der Waals surface area contributed by atoms with Crippen LogP contribution in [0.4, 0.5) is 0 Å². The van der Waals surface area contributed by atoms with Crippen LogP contribution < -0.4 is 14.8 Å². The molecule has 140 valence electrons. The van der Waals surface area contributed by atoms with Crippen LogP contribution >= 0.6 is 12.4 Å². The van der Waals surface area contributed by atoms with E-state index in [4.69, 9.17) is 9.47 Å². The highest BCUT2D eigenvalue weighted by atomic mass is 35.5. The molecule has 1 heterocycles. The second kappa shape index (κ2) is 8.32. The molecular weight excluding hydrogens is 346 g/mol. The summed E-state index contributed by atoms with van der Waals surface area (Å²) in [5, 5.41) is 3.76. The maximum absolute atomic E-state index is 6.16. The van der Waals surface area contributed by atoms with Gasteiger partial charge in [0.25, 0.3) is 0 Å². The number of ether oxygens (including phenoxy) is 2. The van der Waals surface area contributed by atoms with E-state index in [0.29, 0.717) is 6.61 Å². The molecule has 0 spiro atoms. The van der Waals surface area contributed by atoms with Crippen LogP contribution in [0.1, 0.15) is 38.2 Å². The van der Waals surface area contributed by atoms with Gasteiger partial charge in [0.05, 0.1) is 0 Å². The predicted octanol–water partition coefficient (Wildman–Crippen LogP) is 4.74. The van der Waals surface area contributed by atoms with Crippen molar-refractivity contribution in [1.82, 2.24) is 5.32 Å². The Hall–Kier alpha value is -1.71. The van der Waals surface area contributed by atoms with Crippen LogP contribution in [-0.2, 0) is 5.41 Å². The van der Waals surface area contributed by atoms with Crippen LogP contribution in [0.5, 0.6) is 11.5 Å². The Kier molecular flexibility index (Phi) is 6.10. The lowest BCUT2D eigenvalue weighted by atomic mass is 9.78. The molecule has 1 fully saturated rings. The van der Waals surface area contributed by atoms with Crippen LogP contribution in [0.2, 0.25) is 0 Å². The number of para-hydroxylation sites is 2. The minimum Gasteiger partial charge on any atom is -0.486 e. The molecular formula is C22H28ClNO2. The third kappa shape index (κ3) is 3.84. The van der Waals surface area contributed by atoms with Gasteiger partial charge in [-0.15, -0.1) is 12.4 Å². The number of rotatable bonds is 5. The summed E-state index contributed by atoms with van der Waals surface area (Å²) in [4.78, 5) is 0. The molecule has 2 unspecified atom stereocenters. The monoisotopic (exact) mass is 373 g/mol. The average Bonchev–Trinajstić information content (AvgIpc) is 3.17. The zero-order valence-electron chi connectivity index (χ0n) is 15.3. The average molecular weight is 374 g/mol. The van der Waals surface area contributed by atoms with Crippen molar-refractivity contribution in [2.24, 2.45) is 0 Å². The fourth-order valence-corrected chi connectivity index (χ4v) is 4.18. The number of halogens is 1. The maximum Gasteiger partial charge on any atom is 0.161 e. The van der Waals surface area contributed by atoms with Crippen molar-refractivity contribution in [3.63, 3.8) is 0 Å². The highest BCUT2D eigenvalue weighted by Crippen LogP contribution is 2.40. The quantitative estimate of drug-likeness (QED) is 0.821. The van der Waals surface area contributed by atoms with Crippen molar-refractivity contribution in [2.75, 3.05) is 13.2 Å². The van der Waals surface area contributed by atoms with Gasteiger partial charge in [-0.1, -0.05) is 55.3 Å². The molecule has 1 aliphatic carbocycles. The van der Waals surface area contributed by atoms with Crippen molar-refractivity contribution >= 4 is 12.4 Å². The van der Waals surface area contributed by atoms with Crippen molar-refractivity contribution in [3.8, 4) is 11.5 Å². The van der Waals surface area contributed by atoms with E-state index in [1.807, 2.05) is 24.3 Å². The van der Waals surface area contributed by atoms with Crippen LogP contribution in [0, 0.1) is 0 Å². The molecule has 0 saturated heterocycles. The zero-order valence-corrected chi connectivity index (χ0v) is 16.1. The summed E-state index contributed by atoms with van der Waals surface area (Å²) in [6.45, 7) is 3.80. The van der Waals surface area contributed by atoms with Gasteiger partial charge in [-0.05, 0) is 37.5 Å². The van der Waals surface area contributed by atoms with Gasteiger partial charge in [-0.25, -0.2) is 0 Å². The smallest absolute Gasteiger partial charge is 0.161 e. The van der Waals surface area contributed by atoms with Crippen molar-refractivity contribution in [2.45, 2.75) is 50.2 Å². The molecule has 2 aromatic carbocycles. The molecule has 3 nitrogen and oxygen atoms in total.